The highest BCUT2D eigenvalue weighted by atomic mass is 79.9. The number of hydrogen-bond acceptors (Lipinski definition) is 5. The van der Waals surface area contributed by atoms with Crippen LogP contribution in [-0.2, 0) is 9.53 Å². The summed E-state index contributed by atoms with van der Waals surface area (Å²) in [5, 5.41) is 5.60. The molecule has 8 heteroatoms. The van der Waals surface area contributed by atoms with Crippen LogP contribution >= 0.6 is 27.3 Å². The van der Waals surface area contributed by atoms with Gasteiger partial charge >= 0.3 is 0 Å². The van der Waals surface area contributed by atoms with Gasteiger partial charge in [-0.2, -0.15) is 0 Å². The second-order valence-corrected chi connectivity index (χ2v) is 8.57. The third-order valence-corrected chi connectivity index (χ3v) is 5.38. The van der Waals surface area contributed by atoms with Crippen LogP contribution in [0.3, 0.4) is 0 Å². The molecule has 134 valence electrons. The van der Waals surface area contributed by atoms with Gasteiger partial charge in [-0.1, -0.05) is 0 Å². The van der Waals surface area contributed by atoms with Crippen LogP contribution in [0.4, 0.5) is 0 Å². The summed E-state index contributed by atoms with van der Waals surface area (Å²) >= 11 is 4.66. The van der Waals surface area contributed by atoms with Crippen molar-refractivity contribution in [2.75, 3.05) is 26.2 Å². The minimum atomic E-state index is -0.569. The smallest absolute Gasteiger partial charge is 0.262 e. The zero-order valence-corrected chi connectivity index (χ0v) is 16.6. The molecular weight excluding hydrogens is 394 g/mol. The van der Waals surface area contributed by atoms with Crippen molar-refractivity contribution in [3.05, 3.63) is 20.8 Å². The van der Waals surface area contributed by atoms with E-state index in [0.717, 1.165) is 23.4 Å². The standard InChI is InChI=1S/C16H24BrN3O3S/c1-10-8-20(9-11(2)23-10)7-6-18-15(21)12(3)19-16(22)13-4-5-14(17)24-13/h4-5,10-12H,6-9H2,1-3H3,(H,18,21)(H,19,22). The molecule has 1 aromatic rings. The second kappa shape index (κ2) is 8.94. The highest BCUT2D eigenvalue weighted by molar-refractivity contribution is 9.11. The van der Waals surface area contributed by atoms with Gasteiger partial charge in [-0.15, -0.1) is 11.3 Å². The van der Waals surface area contributed by atoms with Gasteiger partial charge in [-0.25, -0.2) is 0 Å². The van der Waals surface area contributed by atoms with Crippen LogP contribution in [0.5, 0.6) is 0 Å². The minimum absolute atomic E-state index is 0.173. The number of amides is 2. The first-order valence-corrected chi connectivity index (χ1v) is 9.68. The lowest BCUT2D eigenvalue weighted by molar-refractivity contribution is -0.122. The molecule has 0 saturated carbocycles. The lowest BCUT2D eigenvalue weighted by atomic mass is 10.2. The summed E-state index contributed by atoms with van der Waals surface area (Å²) in [5.74, 6) is -0.405. The number of ether oxygens (including phenoxy) is 1. The molecule has 2 N–H and O–H groups in total. The van der Waals surface area contributed by atoms with E-state index in [9.17, 15) is 9.59 Å². The largest absolute Gasteiger partial charge is 0.373 e. The third kappa shape index (κ3) is 5.84. The molecule has 0 radical (unpaired) electrons. The van der Waals surface area contributed by atoms with E-state index < -0.39 is 6.04 Å². The Morgan fingerprint density at radius 2 is 2.04 bits per heavy atom. The van der Waals surface area contributed by atoms with Crippen molar-refractivity contribution in [3.8, 4) is 0 Å². The van der Waals surface area contributed by atoms with E-state index >= 15 is 0 Å². The number of rotatable bonds is 6. The van der Waals surface area contributed by atoms with E-state index in [1.165, 1.54) is 11.3 Å². The average Bonchev–Trinajstić information content (AvgIpc) is 2.92. The number of nitrogens with one attached hydrogen (secondary N) is 2. The lowest BCUT2D eigenvalue weighted by Crippen LogP contribution is -2.50. The van der Waals surface area contributed by atoms with Gasteiger partial charge in [-0.3, -0.25) is 14.5 Å². The molecule has 0 aliphatic carbocycles. The molecule has 3 unspecified atom stereocenters. The number of morpholine rings is 1. The van der Waals surface area contributed by atoms with Crippen LogP contribution in [0.25, 0.3) is 0 Å². The van der Waals surface area contributed by atoms with E-state index in [1.807, 2.05) is 6.07 Å². The van der Waals surface area contributed by atoms with Crippen LogP contribution in [0.2, 0.25) is 0 Å². The number of carbonyl (C=O) groups excluding carboxylic acids is 2. The van der Waals surface area contributed by atoms with Gasteiger partial charge < -0.3 is 15.4 Å². The van der Waals surface area contributed by atoms with E-state index in [4.69, 9.17) is 4.74 Å². The van der Waals surface area contributed by atoms with Crippen molar-refractivity contribution in [3.63, 3.8) is 0 Å². The van der Waals surface area contributed by atoms with Gasteiger partial charge in [0, 0.05) is 26.2 Å². The molecule has 1 fully saturated rings. The Labute approximate surface area is 155 Å². The maximum absolute atomic E-state index is 12.1. The summed E-state index contributed by atoms with van der Waals surface area (Å²) in [6.45, 7) is 8.89. The fourth-order valence-corrected chi connectivity index (χ4v) is 4.02. The second-order valence-electron chi connectivity index (χ2n) is 6.11. The summed E-state index contributed by atoms with van der Waals surface area (Å²) in [7, 11) is 0. The summed E-state index contributed by atoms with van der Waals surface area (Å²) in [5.41, 5.74) is 0. The highest BCUT2D eigenvalue weighted by Crippen LogP contribution is 2.21. The molecule has 0 bridgehead atoms. The molecule has 1 aromatic heterocycles. The quantitative estimate of drug-likeness (QED) is 0.740. The average molecular weight is 418 g/mol. The molecular formula is C16H24BrN3O3S. The Morgan fingerprint density at radius 3 is 2.62 bits per heavy atom. The maximum Gasteiger partial charge on any atom is 0.262 e. The fourth-order valence-electron chi connectivity index (χ4n) is 2.73. The molecule has 1 aliphatic heterocycles. The molecule has 0 aromatic carbocycles. The van der Waals surface area contributed by atoms with Crippen molar-refractivity contribution in [1.29, 1.82) is 0 Å². The maximum atomic E-state index is 12.1. The number of carbonyl (C=O) groups is 2. The van der Waals surface area contributed by atoms with Gasteiger partial charge in [0.15, 0.2) is 0 Å². The molecule has 6 nitrogen and oxygen atoms in total. The van der Waals surface area contributed by atoms with Gasteiger partial charge in [0.1, 0.15) is 6.04 Å². The van der Waals surface area contributed by atoms with Crippen LogP contribution in [0.1, 0.15) is 30.4 Å². The predicted octanol–water partition coefficient (Wildman–Crippen LogP) is 1.85. The zero-order chi connectivity index (χ0) is 17.7. The Bertz CT molecular complexity index is 571. The van der Waals surface area contributed by atoms with Crippen LogP contribution in [0, 0.1) is 0 Å². The summed E-state index contributed by atoms with van der Waals surface area (Å²) in [6.07, 6.45) is 0.431. The van der Waals surface area contributed by atoms with E-state index in [2.05, 4.69) is 45.3 Å². The molecule has 1 aliphatic rings. The number of hydrogen-bond donors (Lipinski definition) is 2. The molecule has 24 heavy (non-hydrogen) atoms. The van der Waals surface area contributed by atoms with Gasteiger partial charge in [-0.05, 0) is 48.8 Å². The van der Waals surface area contributed by atoms with Crippen LogP contribution in [0.15, 0.2) is 15.9 Å². The predicted molar refractivity (Wildman–Crippen MR) is 98.4 cm³/mol. The van der Waals surface area contributed by atoms with Crippen LogP contribution in [-0.4, -0.2) is 61.1 Å². The van der Waals surface area contributed by atoms with Crippen molar-refractivity contribution in [2.24, 2.45) is 0 Å². The first-order valence-electron chi connectivity index (χ1n) is 8.07. The first-order chi connectivity index (χ1) is 11.3. The molecule has 2 amide bonds. The van der Waals surface area contributed by atoms with Crippen LogP contribution < -0.4 is 10.6 Å². The van der Waals surface area contributed by atoms with Crippen molar-refractivity contribution >= 4 is 39.1 Å². The Morgan fingerprint density at radius 1 is 1.38 bits per heavy atom. The fraction of sp³-hybridized carbons (Fsp3) is 0.625. The Hall–Kier alpha value is -0.960. The topological polar surface area (TPSA) is 70.7 Å². The monoisotopic (exact) mass is 417 g/mol. The van der Waals surface area contributed by atoms with Gasteiger partial charge in [0.2, 0.25) is 5.91 Å². The lowest BCUT2D eigenvalue weighted by Gasteiger charge is -2.35. The molecule has 3 atom stereocenters. The SMILES string of the molecule is CC1CN(CCNC(=O)C(C)NC(=O)c2ccc(Br)s2)CC(C)O1. The first kappa shape index (κ1) is 19.4. The molecule has 2 rings (SSSR count). The number of thiophene rings is 1. The third-order valence-electron chi connectivity index (χ3n) is 3.76. The van der Waals surface area contributed by atoms with Crippen molar-refractivity contribution in [1.82, 2.24) is 15.5 Å². The zero-order valence-electron chi connectivity index (χ0n) is 14.2. The van der Waals surface area contributed by atoms with Crippen molar-refractivity contribution < 1.29 is 14.3 Å². The number of halogens is 1. The molecule has 0 spiro atoms. The van der Waals surface area contributed by atoms with E-state index in [1.54, 1.807) is 13.0 Å². The summed E-state index contributed by atoms with van der Waals surface area (Å²) in [4.78, 5) is 27.0. The van der Waals surface area contributed by atoms with E-state index in [0.29, 0.717) is 11.4 Å². The Kier molecular flexibility index (Phi) is 7.21. The normalized spacial score (nSPS) is 22.8. The Balaban J connectivity index is 1.70. The van der Waals surface area contributed by atoms with Gasteiger partial charge in [0.05, 0.1) is 20.9 Å². The molecule has 2 heterocycles. The van der Waals surface area contributed by atoms with Gasteiger partial charge in [0.25, 0.3) is 5.91 Å². The summed E-state index contributed by atoms with van der Waals surface area (Å²) < 4.78 is 6.58. The van der Waals surface area contributed by atoms with Crippen molar-refractivity contribution in [2.45, 2.75) is 39.0 Å². The minimum Gasteiger partial charge on any atom is -0.373 e. The number of nitrogens with zero attached hydrogens (tertiary/aromatic N) is 1. The summed E-state index contributed by atoms with van der Waals surface area (Å²) in [6, 6.07) is 2.98. The highest BCUT2D eigenvalue weighted by Gasteiger charge is 2.22. The van der Waals surface area contributed by atoms with E-state index in [-0.39, 0.29) is 24.0 Å². The molecule has 1 saturated heterocycles.